The minimum atomic E-state index is 0.117. The van der Waals surface area contributed by atoms with Crippen LogP contribution in [0.15, 0.2) is 0 Å². The number of likely N-dealkylation sites (tertiary alicyclic amines) is 1. The Morgan fingerprint density at radius 1 is 1.64 bits per heavy atom. The van der Waals surface area contributed by atoms with Gasteiger partial charge in [-0.1, -0.05) is 13.8 Å². The molecule has 0 aromatic heterocycles. The quantitative estimate of drug-likeness (QED) is 0.725. The summed E-state index contributed by atoms with van der Waals surface area (Å²) < 4.78 is 0. The number of rotatable bonds is 2. The highest BCUT2D eigenvalue weighted by Crippen LogP contribution is 2.15. The predicted molar refractivity (Wildman–Crippen MR) is 58.3 cm³/mol. The van der Waals surface area contributed by atoms with Crippen LogP contribution in [0, 0.1) is 5.92 Å². The first kappa shape index (κ1) is 11.3. The largest absolute Gasteiger partial charge is 0.336 e. The second-order valence-corrected chi connectivity index (χ2v) is 4.45. The number of carbonyl (C=O) groups is 1. The highest BCUT2D eigenvalue weighted by atomic mass is 16.2. The van der Waals surface area contributed by atoms with Crippen molar-refractivity contribution in [2.24, 2.45) is 5.92 Å². The first-order chi connectivity index (χ1) is 6.63. The van der Waals surface area contributed by atoms with Crippen molar-refractivity contribution in [1.29, 1.82) is 0 Å². The second kappa shape index (κ2) is 5.23. The summed E-state index contributed by atoms with van der Waals surface area (Å²) in [6, 6.07) is 0.408. The van der Waals surface area contributed by atoms with E-state index >= 15 is 0 Å². The summed E-state index contributed by atoms with van der Waals surface area (Å²) in [5.74, 6) is 0.659. The van der Waals surface area contributed by atoms with Gasteiger partial charge in [-0.3, -0.25) is 0 Å². The summed E-state index contributed by atoms with van der Waals surface area (Å²) in [5, 5.41) is 3.01. The Hall–Kier alpha value is -0.730. The van der Waals surface area contributed by atoms with Gasteiger partial charge >= 0.3 is 6.03 Å². The van der Waals surface area contributed by atoms with Crippen LogP contribution in [0.25, 0.3) is 0 Å². The van der Waals surface area contributed by atoms with Crippen molar-refractivity contribution in [3.8, 4) is 0 Å². The molecule has 1 heterocycles. The van der Waals surface area contributed by atoms with Crippen LogP contribution in [0.5, 0.6) is 0 Å². The monoisotopic (exact) mass is 198 g/mol. The molecule has 0 aliphatic carbocycles. The van der Waals surface area contributed by atoms with E-state index in [4.69, 9.17) is 0 Å². The molecule has 1 rings (SSSR count). The third-order valence-electron chi connectivity index (χ3n) is 2.93. The molecule has 1 N–H and O–H groups in total. The Kier molecular flexibility index (Phi) is 4.23. The lowest BCUT2D eigenvalue weighted by Gasteiger charge is -2.31. The van der Waals surface area contributed by atoms with Crippen LogP contribution in [0.4, 0.5) is 4.79 Å². The smallest absolute Gasteiger partial charge is 0.317 e. The highest BCUT2D eigenvalue weighted by Gasteiger charge is 2.21. The first-order valence-corrected chi connectivity index (χ1v) is 5.69. The van der Waals surface area contributed by atoms with E-state index in [-0.39, 0.29) is 6.03 Å². The molecule has 1 aliphatic rings. The first-order valence-electron chi connectivity index (χ1n) is 5.69. The van der Waals surface area contributed by atoms with E-state index in [9.17, 15) is 4.79 Å². The number of amides is 2. The summed E-state index contributed by atoms with van der Waals surface area (Å²) in [7, 11) is 0. The molecule has 14 heavy (non-hydrogen) atoms. The molecule has 0 spiro atoms. The molecule has 0 unspecified atom stereocenters. The number of nitrogens with zero attached hydrogens (tertiary/aromatic N) is 1. The number of piperidine rings is 1. The maximum absolute atomic E-state index is 11.7. The normalized spacial score (nSPS) is 24.5. The van der Waals surface area contributed by atoms with Gasteiger partial charge in [-0.15, -0.1) is 0 Å². The number of nitrogens with one attached hydrogen (secondary N) is 1. The van der Waals surface area contributed by atoms with E-state index < -0.39 is 0 Å². The van der Waals surface area contributed by atoms with Gasteiger partial charge < -0.3 is 10.2 Å². The van der Waals surface area contributed by atoms with Crippen LogP contribution in [0.3, 0.4) is 0 Å². The Morgan fingerprint density at radius 3 is 2.93 bits per heavy atom. The lowest BCUT2D eigenvalue weighted by Crippen LogP contribution is -2.47. The molecule has 1 aliphatic heterocycles. The molecule has 2 atom stereocenters. The fraction of sp³-hybridized carbons (Fsp3) is 0.909. The fourth-order valence-corrected chi connectivity index (χ4v) is 1.78. The van der Waals surface area contributed by atoms with Gasteiger partial charge in [0, 0.05) is 19.1 Å². The third-order valence-corrected chi connectivity index (χ3v) is 2.93. The molecule has 0 bridgehead atoms. The average molecular weight is 198 g/mol. The standard InChI is InChI=1S/C11H22N2O/c1-4-10(3)12-11(14)13-7-5-6-9(2)8-13/h9-10H,4-8H2,1-3H3,(H,12,14)/t9-,10+/m0/s1. The van der Waals surface area contributed by atoms with Crippen molar-refractivity contribution < 1.29 is 4.79 Å². The maximum atomic E-state index is 11.7. The molecule has 2 amide bonds. The van der Waals surface area contributed by atoms with Crippen LogP contribution >= 0.6 is 0 Å². The minimum absolute atomic E-state index is 0.117. The van der Waals surface area contributed by atoms with Gasteiger partial charge in [0.05, 0.1) is 0 Å². The zero-order valence-corrected chi connectivity index (χ0v) is 9.55. The van der Waals surface area contributed by atoms with E-state index in [0.29, 0.717) is 12.0 Å². The van der Waals surface area contributed by atoms with Crippen LogP contribution in [-0.4, -0.2) is 30.1 Å². The molecule has 0 aromatic rings. The van der Waals surface area contributed by atoms with Crippen molar-refractivity contribution in [2.75, 3.05) is 13.1 Å². The Labute approximate surface area is 86.9 Å². The van der Waals surface area contributed by atoms with Crippen molar-refractivity contribution in [2.45, 2.75) is 46.1 Å². The summed E-state index contributed by atoms with van der Waals surface area (Å²) in [5.41, 5.74) is 0. The number of hydrogen-bond donors (Lipinski definition) is 1. The molecule has 0 radical (unpaired) electrons. The van der Waals surface area contributed by atoms with Crippen molar-refractivity contribution in [3.05, 3.63) is 0 Å². The zero-order valence-electron chi connectivity index (χ0n) is 9.55. The molecule has 0 aromatic carbocycles. The molecular weight excluding hydrogens is 176 g/mol. The highest BCUT2D eigenvalue weighted by molar-refractivity contribution is 5.74. The van der Waals surface area contributed by atoms with Crippen LogP contribution in [-0.2, 0) is 0 Å². The molecule has 82 valence electrons. The second-order valence-electron chi connectivity index (χ2n) is 4.45. The van der Waals surface area contributed by atoms with Crippen molar-refractivity contribution in [1.82, 2.24) is 10.2 Å². The van der Waals surface area contributed by atoms with Gasteiger partial charge in [-0.2, -0.15) is 0 Å². The Bertz CT molecular complexity index is 194. The number of carbonyl (C=O) groups excluding carboxylic acids is 1. The summed E-state index contributed by atoms with van der Waals surface area (Å²) in [4.78, 5) is 13.7. The van der Waals surface area contributed by atoms with Crippen molar-refractivity contribution in [3.63, 3.8) is 0 Å². The summed E-state index contributed by atoms with van der Waals surface area (Å²) in [6.07, 6.45) is 3.40. The summed E-state index contributed by atoms with van der Waals surface area (Å²) >= 11 is 0. The van der Waals surface area contributed by atoms with E-state index in [2.05, 4.69) is 19.2 Å². The third kappa shape index (κ3) is 3.20. The van der Waals surface area contributed by atoms with Crippen LogP contribution in [0.2, 0.25) is 0 Å². The topological polar surface area (TPSA) is 32.3 Å². The number of hydrogen-bond acceptors (Lipinski definition) is 1. The van der Waals surface area contributed by atoms with Gasteiger partial charge in [0.25, 0.3) is 0 Å². The van der Waals surface area contributed by atoms with Crippen LogP contribution in [0.1, 0.15) is 40.0 Å². The molecular formula is C11H22N2O. The molecule has 0 saturated carbocycles. The Balaban J connectivity index is 2.36. The fourth-order valence-electron chi connectivity index (χ4n) is 1.78. The van der Waals surface area contributed by atoms with Gasteiger partial charge in [0.15, 0.2) is 0 Å². The predicted octanol–water partition coefficient (Wildman–Crippen LogP) is 2.23. The van der Waals surface area contributed by atoms with Gasteiger partial charge in [0.2, 0.25) is 0 Å². The number of urea groups is 1. The maximum Gasteiger partial charge on any atom is 0.317 e. The van der Waals surface area contributed by atoms with Crippen LogP contribution < -0.4 is 5.32 Å². The average Bonchev–Trinajstić information content (AvgIpc) is 2.17. The van der Waals surface area contributed by atoms with Gasteiger partial charge in [-0.25, -0.2) is 4.79 Å². The lowest BCUT2D eigenvalue weighted by molar-refractivity contribution is 0.167. The minimum Gasteiger partial charge on any atom is -0.336 e. The molecule has 1 fully saturated rings. The van der Waals surface area contributed by atoms with E-state index in [1.54, 1.807) is 0 Å². The van der Waals surface area contributed by atoms with E-state index in [1.807, 2.05) is 11.8 Å². The van der Waals surface area contributed by atoms with Crippen molar-refractivity contribution >= 4 is 6.03 Å². The zero-order chi connectivity index (χ0) is 10.6. The molecule has 1 saturated heterocycles. The summed E-state index contributed by atoms with van der Waals surface area (Å²) in [6.45, 7) is 8.19. The molecule has 3 heteroatoms. The van der Waals surface area contributed by atoms with E-state index in [1.165, 1.54) is 6.42 Å². The lowest BCUT2D eigenvalue weighted by atomic mass is 10.0. The molecule has 3 nitrogen and oxygen atoms in total. The van der Waals surface area contributed by atoms with E-state index in [0.717, 1.165) is 25.9 Å². The SMILES string of the molecule is CC[C@@H](C)NC(=O)N1CCC[C@H](C)C1. The van der Waals surface area contributed by atoms with Gasteiger partial charge in [0.1, 0.15) is 0 Å². The van der Waals surface area contributed by atoms with Gasteiger partial charge in [-0.05, 0) is 32.1 Å². The Morgan fingerprint density at radius 2 is 2.36 bits per heavy atom.